The van der Waals surface area contributed by atoms with Crippen LogP contribution in [-0.4, -0.2) is 36.3 Å². The fourth-order valence-corrected chi connectivity index (χ4v) is 4.08. The topological polar surface area (TPSA) is 15.6 Å². The molecule has 0 atom stereocenters. The summed E-state index contributed by atoms with van der Waals surface area (Å²) in [5, 5.41) is 6.55. The second-order valence-electron chi connectivity index (χ2n) is 5.47. The molecule has 0 heterocycles. The van der Waals surface area contributed by atoms with Crippen LogP contribution in [0, 0.1) is 0 Å². The zero-order valence-electron chi connectivity index (χ0n) is 13.8. The Morgan fingerprint density at radius 1 is 0.783 bits per heavy atom. The molecule has 0 aromatic heterocycles. The van der Waals surface area contributed by atoms with Crippen molar-refractivity contribution >= 4 is 29.2 Å². The smallest absolute Gasteiger partial charge is 0.0578 e. The molecular formula is C19H24N2S2. The lowest BCUT2D eigenvalue weighted by Gasteiger charge is -2.11. The minimum Gasteiger partial charge on any atom is -0.303 e. The molecule has 0 spiro atoms. The molecule has 0 bridgehead atoms. The van der Waals surface area contributed by atoms with Crippen LogP contribution in [-0.2, 0) is 11.5 Å². The molecule has 0 N–H and O–H groups in total. The van der Waals surface area contributed by atoms with Crippen molar-refractivity contribution in [3.63, 3.8) is 0 Å². The summed E-state index contributed by atoms with van der Waals surface area (Å²) in [6.45, 7) is 0. The maximum Gasteiger partial charge on any atom is 0.0578 e. The minimum absolute atomic E-state index is 0.981. The maximum atomic E-state index is 4.65. The fourth-order valence-electron chi connectivity index (χ4n) is 2.10. The molecule has 23 heavy (non-hydrogen) atoms. The summed E-state index contributed by atoms with van der Waals surface area (Å²) in [7, 11) is 3.98. The van der Waals surface area contributed by atoms with Crippen molar-refractivity contribution < 1.29 is 0 Å². The largest absolute Gasteiger partial charge is 0.303 e. The highest BCUT2D eigenvalue weighted by molar-refractivity contribution is 8.00. The number of benzene rings is 2. The molecule has 0 aliphatic carbocycles. The first-order valence-corrected chi connectivity index (χ1v) is 10.0. The summed E-state index contributed by atoms with van der Waals surface area (Å²) in [5.41, 5.74) is 3.99. The number of nitrogens with zero attached hydrogens (tertiary/aromatic N) is 2. The van der Waals surface area contributed by atoms with Gasteiger partial charge in [0.2, 0.25) is 0 Å². The van der Waals surface area contributed by atoms with Crippen LogP contribution in [0.3, 0.4) is 0 Å². The van der Waals surface area contributed by atoms with Crippen LogP contribution in [0.15, 0.2) is 65.8 Å². The van der Waals surface area contributed by atoms with Gasteiger partial charge in [-0.1, -0.05) is 60.7 Å². The fraction of sp³-hybridized carbons (Fsp3) is 0.316. The first-order valence-electron chi connectivity index (χ1n) is 7.71. The van der Waals surface area contributed by atoms with E-state index in [0.717, 1.165) is 23.0 Å². The summed E-state index contributed by atoms with van der Waals surface area (Å²) < 4.78 is 0. The van der Waals surface area contributed by atoms with Gasteiger partial charge in [0, 0.05) is 37.1 Å². The molecule has 4 heteroatoms. The molecule has 2 rings (SSSR count). The summed E-state index contributed by atoms with van der Waals surface area (Å²) in [6.07, 6.45) is 0. The van der Waals surface area contributed by atoms with Crippen LogP contribution >= 0.6 is 23.5 Å². The van der Waals surface area contributed by atoms with E-state index in [4.69, 9.17) is 0 Å². The van der Waals surface area contributed by atoms with Crippen molar-refractivity contribution in [3.8, 4) is 0 Å². The molecule has 2 aromatic rings. The lowest BCUT2D eigenvalue weighted by molar-refractivity contribution is 0.437. The standard InChI is InChI=1S/C19H24N2S2/c1-21(2)20-19(15-22-13-17-9-5-3-6-10-17)16-23-14-18-11-7-4-8-12-18/h3-12H,13-16H2,1-2H3. The van der Waals surface area contributed by atoms with E-state index in [1.54, 1.807) is 0 Å². The van der Waals surface area contributed by atoms with Crippen LogP contribution in [0.1, 0.15) is 11.1 Å². The Balaban J connectivity index is 1.78. The van der Waals surface area contributed by atoms with E-state index in [0.29, 0.717) is 0 Å². The highest BCUT2D eigenvalue weighted by atomic mass is 32.2. The van der Waals surface area contributed by atoms with Gasteiger partial charge in [0.15, 0.2) is 0 Å². The normalized spacial score (nSPS) is 10.3. The van der Waals surface area contributed by atoms with Gasteiger partial charge in [0.05, 0.1) is 5.71 Å². The SMILES string of the molecule is CN(C)N=C(CSCc1ccccc1)CSCc1ccccc1. The first-order chi connectivity index (χ1) is 11.2. The monoisotopic (exact) mass is 344 g/mol. The van der Waals surface area contributed by atoms with Gasteiger partial charge in [0.1, 0.15) is 0 Å². The third-order valence-electron chi connectivity index (χ3n) is 3.10. The quantitative estimate of drug-likeness (QED) is 0.481. The van der Waals surface area contributed by atoms with Gasteiger partial charge < -0.3 is 5.01 Å². The highest BCUT2D eigenvalue weighted by Gasteiger charge is 2.03. The molecule has 0 saturated heterocycles. The van der Waals surface area contributed by atoms with E-state index in [9.17, 15) is 0 Å². The molecule has 122 valence electrons. The van der Waals surface area contributed by atoms with Crippen molar-refractivity contribution in [3.05, 3.63) is 71.8 Å². The predicted molar refractivity (Wildman–Crippen MR) is 106 cm³/mol. The lowest BCUT2D eigenvalue weighted by Crippen LogP contribution is -2.13. The Kier molecular flexibility index (Phi) is 8.12. The van der Waals surface area contributed by atoms with Crippen LogP contribution in [0.25, 0.3) is 0 Å². The summed E-state index contributed by atoms with van der Waals surface area (Å²) in [4.78, 5) is 0. The van der Waals surface area contributed by atoms with Crippen molar-refractivity contribution in [2.75, 3.05) is 25.6 Å². The molecule has 2 aromatic carbocycles. The van der Waals surface area contributed by atoms with Crippen LogP contribution in [0.2, 0.25) is 0 Å². The minimum atomic E-state index is 0.981. The third-order valence-corrected chi connectivity index (χ3v) is 5.25. The van der Waals surface area contributed by atoms with E-state index in [2.05, 4.69) is 65.8 Å². The Bertz CT molecular complexity index is 535. The Hall–Kier alpha value is -1.39. The number of hydrogen-bond donors (Lipinski definition) is 0. The van der Waals surface area contributed by atoms with Crippen LogP contribution < -0.4 is 0 Å². The van der Waals surface area contributed by atoms with Crippen molar-refractivity contribution in [2.45, 2.75) is 11.5 Å². The van der Waals surface area contributed by atoms with Gasteiger partial charge >= 0.3 is 0 Å². The molecule has 0 fully saturated rings. The first kappa shape index (κ1) is 18.0. The highest BCUT2D eigenvalue weighted by Crippen LogP contribution is 2.16. The Morgan fingerprint density at radius 3 is 1.61 bits per heavy atom. The summed E-state index contributed by atoms with van der Waals surface area (Å²) >= 11 is 3.86. The second-order valence-corrected chi connectivity index (χ2v) is 7.44. The predicted octanol–water partition coefficient (Wildman–Crippen LogP) is 4.77. The van der Waals surface area contributed by atoms with Crippen LogP contribution in [0.4, 0.5) is 0 Å². The average molecular weight is 345 g/mol. The zero-order valence-corrected chi connectivity index (χ0v) is 15.4. The van der Waals surface area contributed by atoms with E-state index >= 15 is 0 Å². The van der Waals surface area contributed by atoms with Gasteiger partial charge in [0.25, 0.3) is 0 Å². The van der Waals surface area contributed by atoms with Gasteiger partial charge in [-0.15, -0.1) is 0 Å². The van der Waals surface area contributed by atoms with E-state index < -0.39 is 0 Å². The number of thioether (sulfide) groups is 2. The Labute approximate surface area is 148 Å². The number of rotatable bonds is 9. The van der Waals surface area contributed by atoms with Gasteiger partial charge in [-0.05, 0) is 11.1 Å². The Morgan fingerprint density at radius 2 is 1.22 bits per heavy atom. The summed E-state index contributed by atoms with van der Waals surface area (Å²) in [6, 6.07) is 21.2. The van der Waals surface area contributed by atoms with E-state index in [1.165, 1.54) is 16.8 Å². The van der Waals surface area contributed by atoms with Gasteiger partial charge in [-0.25, -0.2) is 0 Å². The van der Waals surface area contributed by atoms with Crippen LogP contribution in [0.5, 0.6) is 0 Å². The molecule has 0 aliphatic heterocycles. The van der Waals surface area contributed by atoms with Crippen molar-refractivity contribution in [1.82, 2.24) is 5.01 Å². The molecule has 0 unspecified atom stereocenters. The summed E-state index contributed by atoms with van der Waals surface area (Å²) in [5.74, 6) is 4.04. The molecular weight excluding hydrogens is 320 g/mol. The maximum absolute atomic E-state index is 4.65. The molecule has 0 amide bonds. The van der Waals surface area contributed by atoms with Gasteiger partial charge in [-0.2, -0.15) is 28.6 Å². The van der Waals surface area contributed by atoms with E-state index in [1.807, 2.05) is 42.6 Å². The molecule has 2 nitrogen and oxygen atoms in total. The second kappa shape index (κ2) is 10.4. The zero-order chi connectivity index (χ0) is 16.3. The number of hydrogen-bond acceptors (Lipinski definition) is 4. The average Bonchev–Trinajstić information content (AvgIpc) is 2.56. The molecule has 0 saturated carbocycles. The molecule has 0 radical (unpaired) electrons. The lowest BCUT2D eigenvalue weighted by atomic mass is 10.2. The molecule has 0 aliphatic rings. The van der Waals surface area contributed by atoms with Crippen molar-refractivity contribution in [1.29, 1.82) is 0 Å². The van der Waals surface area contributed by atoms with Crippen molar-refractivity contribution in [2.24, 2.45) is 5.10 Å². The number of hydrazone groups is 1. The van der Waals surface area contributed by atoms with Gasteiger partial charge in [-0.3, -0.25) is 0 Å². The van der Waals surface area contributed by atoms with E-state index in [-0.39, 0.29) is 0 Å². The third kappa shape index (κ3) is 7.62.